The average Bonchev–Trinajstić information content (AvgIpc) is 2.92. The van der Waals surface area contributed by atoms with E-state index >= 15 is 0 Å². The molecule has 1 aliphatic rings. The van der Waals surface area contributed by atoms with E-state index in [9.17, 15) is 18.0 Å². The summed E-state index contributed by atoms with van der Waals surface area (Å²) in [5.41, 5.74) is -0.427. The zero-order chi connectivity index (χ0) is 18.7. The molecule has 0 spiro atoms. The van der Waals surface area contributed by atoms with Gasteiger partial charge in [0.1, 0.15) is 5.60 Å². The molecule has 8 nitrogen and oxygen atoms in total. The first-order valence-electron chi connectivity index (χ1n) is 7.72. The third-order valence-electron chi connectivity index (χ3n) is 4.04. The van der Waals surface area contributed by atoms with E-state index in [1.807, 2.05) is 0 Å². The molecule has 2 amide bonds. The van der Waals surface area contributed by atoms with Gasteiger partial charge in [0.05, 0.1) is 17.2 Å². The smallest absolute Gasteiger partial charge is 0.240 e. The second kappa shape index (κ2) is 7.61. The largest absolute Gasteiger partial charge is 0.382 e. The van der Waals surface area contributed by atoms with Crippen molar-refractivity contribution < 1.29 is 27.5 Å². The summed E-state index contributed by atoms with van der Waals surface area (Å²) < 4.78 is 37.6. The fourth-order valence-electron chi connectivity index (χ4n) is 2.46. The molecule has 1 atom stereocenters. The molecule has 1 heterocycles. The van der Waals surface area contributed by atoms with Crippen LogP contribution in [0.25, 0.3) is 0 Å². The topological polar surface area (TPSA) is 102 Å². The highest BCUT2D eigenvalue weighted by atomic mass is 32.2. The van der Waals surface area contributed by atoms with Crippen LogP contribution in [0.2, 0.25) is 0 Å². The summed E-state index contributed by atoms with van der Waals surface area (Å²) >= 11 is 0. The molecule has 25 heavy (non-hydrogen) atoms. The van der Waals surface area contributed by atoms with Crippen LogP contribution in [0.5, 0.6) is 0 Å². The van der Waals surface area contributed by atoms with Crippen LogP contribution in [0.4, 0.5) is 5.69 Å². The number of benzene rings is 1. The molecule has 1 unspecified atom stereocenters. The summed E-state index contributed by atoms with van der Waals surface area (Å²) in [5.74, 6) is -0.566. The number of carbonyl (C=O) groups excluding carboxylic acids is 2. The minimum absolute atomic E-state index is 0.0323. The van der Waals surface area contributed by atoms with Crippen LogP contribution in [0, 0.1) is 0 Å². The normalized spacial score (nSPS) is 17.8. The average molecular weight is 370 g/mol. The molecule has 1 saturated heterocycles. The predicted molar refractivity (Wildman–Crippen MR) is 90.6 cm³/mol. The van der Waals surface area contributed by atoms with Crippen molar-refractivity contribution in [1.82, 2.24) is 4.72 Å². The molecule has 0 bridgehead atoms. The molecule has 1 fully saturated rings. The highest BCUT2D eigenvalue weighted by Gasteiger charge is 2.31. The standard InChI is InChI=1S/C16H22N2O6S/c1-16(24-3,11-23-2)10-17-25(21,22)13-6-4-12(5-7-13)18-14(19)8-9-15(18)20/h4-7,17H,8-11H2,1-3H3. The van der Waals surface area contributed by atoms with Gasteiger partial charge in [0.2, 0.25) is 21.8 Å². The van der Waals surface area contributed by atoms with Crippen LogP contribution in [0.15, 0.2) is 29.2 Å². The van der Waals surface area contributed by atoms with Crippen LogP contribution in [-0.4, -0.2) is 53.2 Å². The Balaban J connectivity index is 2.12. The van der Waals surface area contributed by atoms with Crippen LogP contribution in [-0.2, 0) is 29.1 Å². The van der Waals surface area contributed by atoms with E-state index < -0.39 is 15.6 Å². The quantitative estimate of drug-likeness (QED) is 0.675. The SMILES string of the molecule is COCC(C)(CNS(=O)(=O)c1ccc(N2C(=O)CCC2=O)cc1)OC. The van der Waals surface area contributed by atoms with Crippen molar-refractivity contribution >= 4 is 27.5 Å². The number of methoxy groups -OCH3 is 2. The van der Waals surface area contributed by atoms with E-state index in [1.54, 1.807) is 6.92 Å². The lowest BCUT2D eigenvalue weighted by Gasteiger charge is -2.27. The van der Waals surface area contributed by atoms with Crippen LogP contribution in [0.3, 0.4) is 0 Å². The predicted octanol–water partition coefficient (Wildman–Crippen LogP) is 0.670. The maximum Gasteiger partial charge on any atom is 0.240 e. The van der Waals surface area contributed by atoms with Crippen LogP contribution in [0.1, 0.15) is 19.8 Å². The van der Waals surface area contributed by atoms with Crippen LogP contribution >= 0.6 is 0 Å². The number of anilines is 1. The zero-order valence-corrected chi connectivity index (χ0v) is 15.3. The molecule has 1 N–H and O–H groups in total. The first-order chi connectivity index (χ1) is 11.7. The minimum Gasteiger partial charge on any atom is -0.382 e. The van der Waals surface area contributed by atoms with Gasteiger partial charge in [-0.25, -0.2) is 13.1 Å². The van der Waals surface area contributed by atoms with Gasteiger partial charge in [0.25, 0.3) is 0 Å². The number of carbonyl (C=O) groups is 2. The van der Waals surface area contributed by atoms with Gasteiger partial charge < -0.3 is 9.47 Å². The lowest BCUT2D eigenvalue weighted by Crippen LogP contribution is -2.45. The zero-order valence-electron chi connectivity index (χ0n) is 14.4. The van der Waals surface area contributed by atoms with E-state index in [1.165, 1.54) is 38.5 Å². The second-order valence-electron chi connectivity index (χ2n) is 6.03. The molecule has 2 rings (SSSR count). The fourth-order valence-corrected chi connectivity index (χ4v) is 3.61. The van der Waals surface area contributed by atoms with E-state index in [2.05, 4.69) is 4.72 Å². The molecule has 0 aromatic heterocycles. The summed E-state index contributed by atoms with van der Waals surface area (Å²) in [6.07, 6.45) is 0.352. The summed E-state index contributed by atoms with van der Waals surface area (Å²) in [6.45, 7) is 1.99. The molecule has 0 saturated carbocycles. The number of amides is 2. The summed E-state index contributed by atoms with van der Waals surface area (Å²) in [5, 5.41) is 0. The number of ether oxygens (including phenoxy) is 2. The first-order valence-corrected chi connectivity index (χ1v) is 9.20. The Kier molecular flexibility index (Phi) is 5.94. The van der Waals surface area contributed by atoms with Crippen molar-refractivity contribution in [2.75, 3.05) is 32.3 Å². The molecule has 0 aliphatic carbocycles. The molecule has 1 aliphatic heterocycles. The first kappa shape index (κ1) is 19.5. The molecule has 1 aromatic rings. The van der Waals surface area contributed by atoms with Crippen molar-refractivity contribution in [3.8, 4) is 0 Å². The van der Waals surface area contributed by atoms with Gasteiger partial charge in [-0.05, 0) is 31.2 Å². The number of hydrogen-bond acceptors (Lipinski definition) is 6. The van der Waals surface area contributed by atoms with E-state index in [-0.39, 0.29) is 42.7 Å². The van der Waals surface area contributed by atoms with Gasteiger partial charge >= 0.3 is 0 Å². The molecule has 138 valence electrons. The van der Waals surface area contributed by atoms with Gasteiger partial charge in [-0.15, -0.1) is 0 Å². The maximum atomic E-state index is 12.4. The molecule has 0 radical (unpaired) electrons. The minimum atomic E-state index is -3.76. The van der Waals surface area contributed by atoms with E-state index in [4.69, 9.17) is 9.47 Å². The molecule has 1 aromatic carbocycles. The Morgan fingerprint density at radius 2 is 1.68 bits per heavy atom. The molecule has 9 heteroatoms. The van der Waals surface area contributed by atoms with E-state index in [0.29, 0.717) is 5.69 Å². The van der Waals surface area contributed by atoms with Gasteiger partial charge in [-0.1, -0.05) is 0 Å². The summed E-state index contributed by atoms with van der Waals surface area (Å²) in [6, 6.07) is 5.61. The number of sulfonamides is 1. The molecular weight excluding hydrogens is 348 g/mol. The van der Waals surface area contributed by atoms with Gasteiger partial charge in [-0.3, -0.25) is 14.5 Å². The number of nitrogens with zero attached hydrogens (tertiary/aromatic N) is 1. The third kappa shape index (κ3) is 4.43. The van der Waals surface area contributed by atoms with Crippen molar-refractivity contribution in [1.29, 1.82) is 0 Å². The number of hydrogen-bond donors (Lipinski definition) is 1. The monoisotopic (exact) mass is 370 g/mol. The lowest BCUT2D eigenvalue weighted by molar-refractivity contribution is -0.121. The third-order valence-corrected chi connectivity index (χ3v) is 5.45. The number of nitrogens with one attached hydrogen (secondary N) is 1. The van der Waals surface area contributed by atoms with Crippen LogP contribution < -0.4 is 9.62 Å². The Bertz CT molecular complexity index is 730. The Morgan fingerprint density at radius 3 is 2.16 bits per heavy atom. The van der Waals surface area contributed by atoms with Crippen molar-refractivity contribution in [2.24, 2.45) is 0 Å². The van der Waals surface area contributed by atoms with Crippen molar-refractivity contribution in [3.63, 3.8) is 0 Å². The number of imide groups is 1. The highest BCUT2D eigenvalue weighted by molar-refractivity contribution is 7.89. The second-order valence-corrected chi connectivity index (χ2v) is 7.80. The summed E-state index contributed by atoms with van der Waals surface area (Å²) in [4.78, 5) is 24.6. The number of rotatable bonds is 8. The Hall–Kier alpha value is -1.81. The van der Waals surface area contributed by atoms with Crippen molar-refractivity contribution in [3.05, 3.63) is 24.3 Å². The summed E-state index contributed by atoms with van der Waals surface area (Å²) in [7, 11) is -0.779. The Labute approximate surface area is 147 Å². The Morgan fingerprint density at radius 1 is 1.12 bits per heavy atom. The van der Waals surface area contributed by atoms with E-state index in [0.717, 1.165) is 4.90 Å². The lowest BCUT2D eigenvalue weighted by atomic mass is 10.1. The van der Waals surface area contributed by atoms with Gasteiger partial charge in [0.15, 0.2) is 0 Å². The maximum absolute atomic E-state index is 12.4. The molecular formula is C16H22N2O6S. The van der Waals surface area contributed by atoms with Gasteiger partial charge in [-0.2, -0.15) is 0 Å². The highest BCUT2D eigenvalue weighted by Crippen LogP contribution is 2.24. The fraction of sp³-hybridized carbons (Fsp3) is 0.500. The van der Waals surface area contributed by atoms with Gasteiger partial charge in [0, 0.05) is 33.6 Å². The van der Waals surface area contributed by atoms with Crippen molar-refractivity contribution in [2.45, 2.75) is 30.3 Å².